The molecule has 3 amide bonds. The Bertz CT molecular complexity index is 913. The van der Waals surface area contributed by atoms with E-state index in [1.807, 2.05) is 19.1 Å². The normalized spacial score (nSPS) is 17.2. The van der Waals surface area contributed by atoms with Gasteiger partial charge in [0, 0.05) is 12.6 Å². The van der Waals surface area contributed by atoms with E-state index >= 15 is 0 Å². The molecule has 2 aliphatic rings. The van der Waals surface area contributed by atoms with Gasteiger partial charge in [-0.25, -0.2) is 0 Å². The van der Waals surface area contributed by atoms with Crippen LogP contribution in [-0.4, -0.2) is 29.7 Å². The van der Waals surface area contributed by atoms with Crippen molar-refractivity contribution in [2.45, 2.75) is 25.8 Å². The summed E-state index contributed by atoms with van der Waals surface area (Å²) in [7, 11) is 1.45. The fourth-order valence-electron chi connectivity index (χ4n) is 3.40. The number of aryl methyl sites for hydroxylation is 1. The summed E-state index contributed by atoms with van der Waals surface area (Å²) in [5.41, 5.74) is 3.33. The highest BCUT2D eigenvalue weighted by Gasteiger charge is 2.35. The van der Waals surface area contributed by atoms with E-state index in [9.17, 15) is 14.4 Å². The lowest BCUT2D eigenvalue weighted by Gasteiger charge is -2.19. The van der Waals surface area contributed by atoms with Crippen molar-refractivity contribution in [1.29, 1.82) is 0 Å². The smallest absolute Gasteiger partial charge is 0.261 e. The van der Waals surface area contributed by atoms with Crippen LogP contribution in [0, 0.1) is 12.8 Å². The highest BCUT2D eigenvalue weighted by molar-refractivity contribution is 6.21. The Morgan fingerprint density at radius 2 is 1.69 bits per heavy atom. The molecule has 132 valence electrons. The number of hydrogen-bond donors (Lipinski definition) is 1. The third kappa shape index (κ3) is 2.79. The van der Waals surface area contributed by atoms with Crippen LogP contribution >= 0.6 is 0 Å². The standard InChI is InChI=1S/C21H20N2O3/c1-12-3-5-13(6-4-12)18(14-7-8-14)22-19(24)15-9-10-16-17(11-15)21(26)23(2)20(16)25/h3-6,9-11,14,18H,7-8H2,1-2H3,(H,22,24)/t18-/m1/s1. The number of carbonyl (C=O) groups is 3. The molecule has 0 radical (unpaired) electrons. The zero-order valence-electron chi connectivity index (χ0n) is 14.8. The van der Waals surface area contributed by atoms with Gasteiger partial charge in [-0.2, -0.15) is 0 Å². The van der Waals surface area contributed by atoms with Crippen molar-refractivity contribution in [3.8, 4) is 0 Å². The number of amides is 3. The largest absolute Gasteiger partial charge is 0.345 e. The monoisotopic (exact) mass is 348 g/mol. The van der Waals surface area contributed by atoms with Crippen molar-refractivity contribution in [2.24, 2.45) is 5.92 Å². The average Bonchev–Trinajstić information content (AvgIpc) is 3.46. The summed E-state index contributed by atoms with van der Waals surface area (Å²) in [6.07, 6.45) is 2.20. The molecular formula is C21H20N2O3. The van der Waals surface area contributed by atoms with Crippen LogP contribution < -0.4 is 5.32 Å². The number of nitrogens with zero attached hydrogens (tertiary/aromatic N) is 1. The van der Waals surface area contributed by atoms with E-state index in [1.165, 1.54) is 18.7 Å². The molecule has 0 spiro atoms. The van der Waals surface area contributed by atoms with Gasteiger partial charge in [0.25, 0.3) is 17.7 Å². The highest BCUT2D eigenvalue weighted by Crippen LogP contribution is 2.41. The number of hydrogen-bond acceptors (Lipinski definition) is 3. The number of rotatable bonds is 4. The minimum absolute atomic E-state index is 0.0311. The van der Waals surface area contributed by atoms with Crippen LogP contribution in [0.1, 0.15) is 61.1 Å². The second-order valence-corrected chi connectivity index (χ2v) is 7.13. The van der Waals surface area contributed by atoms with Gasteiger partial charge in [-0.15, -0.1) is 0 Å². The molecule has 0 unspecified atom stereocenters. The molecule has 1 fully saturated rings. The Morgan fingerprint density at radius 3 is 2.35 bits per heavy atom. The van der Waals surface area contributed by atoms with E-state index < -0.39 is 0 Å². The first-order chi connectivity index (χ1) is 12.5. The summed E-state index contributed by atoms with van der Waals surface area (Å²) in [6, 6.07) is 12.9. The maximum absolute atomic E-state index is 12.8. The molecule has 1 saturated carbocycles. The summed E-state index contributed by atoms with van der Waals surface area (Å²) < 4.78 is 0. The first-order valence-electron chi connectivity index (χ1n) is 8.79. The van der Waals surface area contributed by atoms with Gasteiger partial charge in [0.1, 0.15) is 0 Å². The van der Waals surface area contributed by atoms with Gasteiger partial charge in [0.05, 0.1) is 17.2 Å². The van der Waals surface area contributed by atoms with Crippen molar-refractivity contribution in [1.82, 2.24) is 10.2 Å². The molecule has 0 bridgehead atoms. The maximum Gasteiger partial charge on any atom is 0.261 e. The molecule has 0 aromatic heterocycles. The molecule has 1 heterocycles. The number of carbonyl (C=O) groups excluding carboxylic acids is 3. The molecule has 0 saturated heterocycles. The maximum atomic E-state index is 12.8. The predicted molar refractivity (Wildman–Crippen MR) is 97.0 cm³/mol. The van der Waals surface area contributed by atoms with Crippen molar-refractivity contribution in [2.75, 3.05) is 7.05 Å². The van der Waals surface area contributed by atoms with Crippen LogP contribution in [0.5, 0.6) is 0 Å². The Balaban J connectivity index is 1.59. The number of fused-ring (bicyclic) bond motifs is 1. The fraction of sp³-hybridized carbons (Fsp3) is 0.286. The lowest BCUT2D eigenvalue weighted by Crippen LogP contribution is -2.30. The molecule has 1 atom stereocenters. The Morgan fingerprint density at radius 1 is 1.04 bits per heavy atom. The molecule has 1 N–H and O–H groups in total. The summed E-state index contributed by atoms with van der Waals surface area (Å²) >= 11 is 0. The zero-order valence-corrected chi connectivity index (χ0v) is 14.8. The molecule has 2 aromatic carbocycles. The topological polar surface area (TPSA) is 66.5 Å². The van der Waals surface area contributed by atoms with Gasteiger partial charge in [-0.1, -0.05) is 29.8 Å². The quantitative estimate of drug-likeness (QED) is 0.864. The SMILES string of the molecule is Cc1ccc([C@@H](NC(=O)c2ccc3c(c2)C(=O)N(C)C3=O)C2CC2)cc1. The van der Waals surface area contributed by atoms with Crippen LogP contribution in [-0.2, 0) is 0 Å². The third-order valence-corrected chi connectivity index (χ3v) is 5.17. The van der Waals surface area contributed by atoms with Crippen LogP contribution in [0.4, 0.5) is 0 Å². The lowest BCUT2D eigenvalue weighted by atomic mass is 10.00. The minimum atomic E-state index is -0.364. The van der Waals surface area contributed by atoms with Crippen LogP contribution in [0.2, 0.25) is 0 Å². The molecule has 1 aliphatic heterocycles. The van der Waals surface area contributed by atoms with Crippen LogP contribution in [0.3, 0.4) is 0 Å². The molecule has 2 aromatic rings. The van der Waals surface area contributed by atoms with Gasteiger partial charge < -0.3 is 5.32 Å². The van der Waals surface area contributed by atoms with Crippen molar-refractivity contribution in [3.63, 3.8) is 0 Å². The zero-order chi connectivity index (χ0) is 18.4. The van der Waals surface area contributed by atoms with E-state index in [1.54, 1.807) is 12.1 Å². The summed E-state index contributed by atoms with van der Waals surface area (Å²) in [5.74, 6) is -0.463. The Kier molecular flexibility index (Phi) is 3.87. The Hall–Kier alpha value is -2.95. The summed E-state index contributed by atoms with van der Waals surface area (Å²) in [4.78, 5) is 38.0. The van der Waals surface area contributed by atoms with Crippen molar-refractivity contribution >= 4 is 17.7 Å². The average molecular weight is 348 g/mol. The second kappa shape index (κ2) is 6.09. The molecule has 1 aliphatic carbocycles. The Labute approximate surface area is 152 Å². The van der Waals surface area contributed by atoms with E-state index in [-0.39, 0.29) is 23.8 Å². The lowest BCUT2D eigenvalue weighted by molar-refractivity contribution is 0.0693. The van der Waals surface area contributed by atoms with E-state index in [4.69, 9.17) is 0 Å². The third-order valence-electron chi connectivity index (χ3n) is 5.17. The second-order valence-electron chi connectivity index (χ2n) is 7.13. The van der Waals surface area contributed by atoms with Gasteiger partial charge in [0.2, 0.25) is 0 Å². The van der Waals surface area contributed by atoms with Gasteiger partial charge >= 0.3 is 0 Å². The fourth-order valence-corrected chi connectivity index (χ4v) is 3.40. The highest BCUT2D eigenvalue weighted by atomic mass is 16.2. The number of imide groups is 1. The van der Waals surface area contributed by atoms with E-state index in [2.05, 4.69) is 17.4 Å². The van der Waals surface area contributed by atoms with Gasteiger partial charge in [0.15, 0.2) is 0 Å². The molecule has 5 nitrogen and oxygen atoms in total. The predicted octanol–water partition coefficient (Wildman–Crippen LogP) is 3.10. The number of benzene rings is 2. The van der Waals surface area contributed by atoms with Crippen LogP contribution in [0.25, 0.3) is 0 Å². The van der Waals surface area contributed by atoms with E-state index in [0.717, 1.165) is 23.3 Å². The van der Waals surface area contributed by atoms with Crippen LogP contribution in [0.15, 0.2) is 42.5 Å². The first kappa shape index (κ1) is 16.5. The van der Waals surface area contributed by atoms with Crippen molar-refractivity contribution in [3.05, 3.63) is 70.3 Å². The van der Waals surface area contributed by atoms with Gasteiger partial charge in [-0.3, -0.25) is 19.3 Å². The summed E-state index contributed by atoms with van der Waals surface area (Å²) in [6.45, 7) is 2.04. The first-order valence-corrected chi connectivity index (χ1v) is 8.79. The molecule has 4 rings (SSSR count). The minimum Gasteiger partial charge on any atom is -0.345 e. The molecule has 5 heteroatoms. The van der Waals surface area contributed by atoms with Gasteiger partial charge in [-0.05, 0) is 49.4 Å². The molecule has 26 heavy (non-hydrogen) atoms. The number of nitrogens with one attached hydrogen (secondary N) is 1. The molecular weight excluding hydrogens is 328 g/mol. The van der Waals surface area contributed by atoms with Crippen molar-refractivity contribution < 1.29 is 14.4 Å². The summed E-state index contributed by atoms with van der Waals surface area (Å²) in [5, 5.41) is 3.11. The van der Waals surface area contributed by atoms with E-state index in [0.29, 0.717) is 22.6 Å².